The van der Waals surface area contributed by atoms with Crippen LogP contribution in [0.15, 0.2) is 23.0 Å². The van der Waals surface area contributed by atoms with Crippen LogP contribution in [-0.2, 0) is 11.3 Å². The van der Waals surface area contributed by atoms with Gasteiger partial charge in [0.25, 0.3) is 5.56 Å². The number of hydrogen-bond acceptors (Lipinski definition) is 5. The molecule has 1 aromatic carbocycles. The van der Waals surface area contributed by atoms with Gasteiger partial charge in [0.15, 0.2) is 11.2 Å². The monoisotopic (exact) mass is 448 g/mol. The molecule has 0 spiro atoms. The van der Waals surface area contributed by atoms with Crippen molar-refractivity contribution in [3.63, 3.8) is 0 Å². The van der Waals surface area contributed by atoms with Crippen LogP contribution in [0.5, 0.6) is 0 Å². The summed E-state index contributed by atoms with van der Waals surface area (Å²) in [6.45, 7) is 5.36. The molecule has 10 heteroatoms. The minimum atomic E-state index is -0.327. The van der Waals surface area contributed by atoms with Crippen LogP contribution in [0.25, 0.3) is 11.2 Å². The van der Waals surface area contributed by atoms with Gasteiger partial charge < -0.3 is 9.88 Å². The summed E-state index contributed by atoms with van der Waals surface area (Å²) < 4.78 is 1.54. The number of halogens is 2. The molecule has 8 nitrogen and oxygen atoms in total. The summed E-state index contributed by atoms with van der Waals surface area (Å²) in [6, 6.07) is 5.27. The van der Waals surface area contributed by atoms with Crippen molar-refractivity contribution < 1.29 is 4.79 Å². The maximum Gasteiger partial charge on any atom is 0.281 e. The number of nitrogens with zero attached hydrogens (tertiary/aromatic N) is 5. The second-order valence-electron chi connectivity index (χ2n) is 7.82. The number of hydrogen-bond donors (Lipinski definition) is 1. The second kappa shape index (κ2) is 8.35. The van der Waals surface area contributed by atoms with Gasteiger partial charge in [-0.1, -0.05) is 48.3 Å². The molecule has 0 bridgehead atoms. The molecule has 2 aromatic heterocycles. The van der Waals surface area contributed by atoms with Crippen LogP contribution >= 0.6 is 23.2 Å². The SMILES string of the molecule is CC(C)C(=O)N1CCC(c2nc3c(nnn3Cc3c(Cl)cccc3Cl)c(=O)[nH]2)CC1. The van der Waals surface area contributed by atoms with Crippen LogP contribution in [-0.4, -0.2) is 48.9 Å². The lowest BCUT2D eigenvalue weighted by Gasteiger charge is -2.32. The van der Waals surface area contributed by atoms with Gasteiger partial charge in [-0.2, -0.15) is 0 Å². The topological polar surface area (TPSA) is 96.8 Å². The molecule has 1 N–H and O–H groups in total. The number of benzene rings is 1. The molecule has 4 rings (SSSR count). The molecule has 1 aliphatic heterocycles. The third-order valence-corrected chi connectivity index (χ3v) is 6.16. The third-order valence-electron chi connectivity index (χ3n) is 5.45. The summed E-state index contributed by atoms with van der Waals surface area (Å²) >= 11 is 12.6. The zero-order valence-electron chi connectivity index (χ0n) is 16.7. The molecule has 0 atom stereocenters. The smallest absolute Gasteiger partial charge is 0.281 e. The predicted octanol–water partition coefficient (Wildman–Crippen LogP) is 3.23. The Labute approximate surface area is 183 Å². The largest absolute Gasteiger partial charge is 0.342 e. The molecule has 0 unspecified atom stereocenters. The van der Waals surface area contributed by atoms with Crippen LogP contribution in [0.1, 0.15) is 44.0 Å². The zero-order chi connectivity index (χ0) is 21.4. The van der Waals surface area contributed by atoms with Crippen LogP contribution in [0.2, 0.25) is 10.0 Å². The normalized spacial score (nSPS) is 15.3. The molecule has 1 amide bonds. The van der Waals surface area contributed by atoms with E-state index in [2.05, 4.69) is 20.3 Å². The molecule has 1 aliphatic rings. The van der Waals surface area contributed by atoms with E-state index in [0.29, 0.717) is 40.2 Å². The van der Waals surface area contributed by atoms with Crippen molar-refractivity contribution in [1.82, 2.24) is 29.9 Å². The highest BCUT2D eigenvalue weighted by molar-refractivity contribution is 6.36. The van der Waals surface area contributed by atoms with E-state index in [9.17, 15) is 9.59 Å². The van der Waals surface area contributed by atoms with E-state index >= 15 is 0 Å². The molecule has 0 radical (unpaired) electrons. The Morgan fingerprint density at radius 3 is 2.53 bits per heavy atom. The molecule has 30 heavy (non-hydrogen) atoms. The van der Waals surface area contributed by atoms with E-state index < -0.39 is 0 Å². The van der Waals surface area contributed by atoms with Gasteiger partial charge in [0, 0.05) is 40.5 Å². The van der Waals surface area contributed by atoms with Gasteiger partial charge in [-0.15, -0.1) is 5.10 Å². The Morgan fingerprint density at radius 2 is 1.90 bits per heavy atom. The van der Waals surface area contributed by atoms with E-state index in [1.54, 1.807) is 22.9 Å². The number of H-pyrrole nitrogens is 1. The van der Waals surface area contributed by atoms with Crippen LogP contribution in [0.3, 0.4) is 0 Å². The van der Waals surface area contributed by atoms with Crippen LogP contribution in [0, 0.1) is 5.92 Å². The second-order valence-corrected chi connectivity index (χ2v) is 8.64. The highest BCUT2D eigenvalue weighted by atomic mass is 35.5. The first kappa shape index (κ1) is 20.8. The van der Waals surface area contributed by atoms with E-state index in [4.69, 9.17) is 23.2 Å². The highest BCUT2D eigenvalue weighted by Gasteiger charge is 2.27. The number of nitrogens with one attached hydrogen (secondary N) is 1. The number of fused-ring (bicyclic) bond motifs is 1. The number of carbonyl (C=O) groups excluding carboxylic acids is 1. The Bertz CT molecular complexity index is 1130. The summed E-state index contributed by atoms with van der Waals surface area (Å²) in [5, 5.41) is 9.10. The number of aromatic amines is 1. The first-order chi connectivity index (χ1) is 14.3. The molecule has 1 saturated heterocycles. The van der Waals surface area contributed by atoms with E-state index in [0.717, 1.165) is 12.8 Å². The lowest BCUT2D eigenvalue weighted by Crippen LogP contribution is -2.40. The number of likely N-dealkylation sites (tertiary alicyclic amines) is 1. The minimum absolute atomic E-state index is 0.0205. The molecule has 0 aliphatic carbocycles. The average Bonchev–Trinajstić information content (AvgIpc) is 3.13. The van der Waals surface area contributed by atoms with Crippen molar-refractivity contribution in [2.24, 2.45) is 5.92 Å². The molecular formula is C20H22Cl2N6O2. The number of carbonyl (C=O) groups is 1. The van der Waals surface area contributed by atoms with Crippen molar-refractivity contribution >= 4 is 40.3 Å². The first-order valence-corrected chi connectivity index (χ1v) is 10.7. The average molecular weight is 449 g/mol. The third kappa shape index (κ3) is 3.94. The standard InChI is InChI=1S/C20H22Cl2N6O2/c1-11(2)20(30)27-8-6-12(7-9-27)17-23-18-16(19(29)24-17)25-26-28(18)10-13-14(21)4-3-5-15(13)22/h3-5,11-12H,6-10H2,1-2H3,(H,23,24,29). The zero-order valence-corrected chi connectivity index (χ0v) is 18.2. The Hall–Kier alpha value is -2.45. The Kier molecular flexibility index (Phi) is 5.79. The van der Waals surface area contributed by atoms with Crippen molar-refractivity contribution in [2.45, 2.75) is 39.2 Å². The fourth-order valence-corrected chi connectivity index (χ4v) is 4.27. The molecule has 3 aromatic rings. The molecule has 0 saturated carbocycles. The Balaban J connectivity index is 1.62. The van der Waals surface area contributed by atoms with Gasteiger partial charge in [-0.25, -0.2) is 9.67 Å². The molecule has 158 valence electrons. The van der Waals surface area contributed by atoms with Crippen LogP contribution < -0.4 is 5.56 Å². The lowest BCUT2D eigenvalue weighted by atomic mass is 9.95. The summed E-state index contributed by atoms with van der Waals surface area (Å²) in [5.41, 5.74) is 0.934. The number of amides is 1. The van der Waals surface area contributed by atoms with Crippen molar-refractivity contribution in [2.75, 3.05) is 13.1 Å². The molecule has 3 heterocycles. The maximum atomic E-state index is 12.6. The maximum absolute atomic E-state index is 12.6. The van der Waals surface area contributed by atoms with Gasteiger partial charge in [-0.3, -0.25) is 9.59 Å². The fraction of sp³-hybridized carbons (Fsp3) is 0.450. The van der Waals surface area contributed by atoms with E-state index in [1.165, 1.54) is 0 Å². The Morgan fingerprint density at radius 1 is 1.23 bits per heavy atom. The number of piperidine rings is 1. The first-order valence-electron chi connectivity index (χ1n) is 9.90. The summed E-state index contributed by atoms with van der Waals surface area (Å²) in [7, 11) is 0. The highest BCUT2D eigenvalue weighted by Crippen LogP contribution is 2.28. The number of rotatable bonds is 4. The van der Waals surface area contributed by atoms with Crippen molar-refractivity contribution in [3.05, 3.63) is 50.0 Å². The fourth-order valence-electron chi connectivity index (χ4n) is 3.75. The molecule has 1 fully saturated rings. The minimum Gasteiger partial charge on any atom is -0.342 e. The van der Waals surface area contributed by atoms with Gasteiger partial charge in [0.05, 0.1) is 6.54 Å². The van der Waals surface area contributed by atoms with Crippen molar-refractivity contribution in [1.29, 1.82) is 0 Å². The van der Waals surface area contributed by atoms with Crippen LogP contribution in [0.4, 0.5) is 0 Å². The quantitative estimate of drug-likeness (QED) is 0.660. The van der Waals surface area contributed by atoms with Gasteiger partial charge >= 0.3 is 0 Å². The van der Waals surface area contributed by atoms with E-state index in [1.807, 2.05) is 18.7 Å². The van der Waals surface area contributed by atoms with Gasteiger partial charge in [-0.05, 0) is 25.0 Å². The summed E-state index contributed by atoms with van der Waals surface area (Å²) in [5.74, 6) is 0.792. The van der Waals surface area contributed by atoms with E-state index in [-0.39, 0.29) is 35.4 Å². The summed E-state index contributed by atoms with van der Waals surface area (Å²) in [4.78, 5) is 34.2. The number of aromatic nitrogens is 5. The van der Waals surface area contributed by atoms with Crippen molar-refractivity contribution in [3.8, 4) is 0 Å². The van der Waals surface area contributed by atoms with Gasteiger partial charge in [0.1, 0.15) is 5.82 Å². The molecular weight excluding hydrogens is 427 g/mol. The predicted molar refractivity (Wildman–Crippen MR) is 115 cm³/mol. The summed E-state index contributed by atoms with van der Waals surface area (Å²) in [6.07, 6.45) is 1.48. The lowest BCUT2D eigenvalue weighted by molar-refractivity contribution is -0.135. The van der Waals surface area contributed by atoms with Gasteiger partial charge in [0.2, 0.25) is 5.91 Å².